The number of anilines is 1. The fourth-order valence-corrected chi connectivity index (χ4v) is 2.33. The number of carbonyl (C=O) groups excluding carboxylic acids is 1. The second-order valence-electron chi connectivity index (χ2n) is 3.74. The lowest BCUT2D eigenvalue weighted by atomic mass is 10.2. The standard InChI is InChI=1S/C13H10N2O3S2/c16-11(10-6-3-7-20-10)15-13(19)14-9-5-2-1-4-8(9)12(17)18/h1-7H,(H,17,18)(H2,14,15,16,19). The largest absolute Gasteiger partial charge is 0.478 e. The molecule has 1 aromatic heterocycles. The van der Waals surface area contributed by atoms with Crippen LogP contribution in [0.2, 0.25) is 0 Å². The molecule has 2 rings (SSSR count). The van der Waals surface area contributed by atoms with Gasteiger partial charge in [-0.2, -0.15) is 0 Å². The van der Waals surface area contributed by atoms with E-state index in [1.54, 1.807) is 35.7 Å². The third kappa shape index (κ3) is 3.40. The van der Waals surface area contributed by atoms with Crippen LogP contribution in [0, 0.1) is 0 Å². The molecular formula is C13H10N2O3S2. The molecule has 3 N–H and O–H groups in total. The predicted molar refractivity (Wildman–Crippen MR) is 81.4 cm³/mol. The Labute approximate surface area is 124 Å². The van der Waals surface area contributed by atoms with Crippen LogP contribution >= 0.6 is 23.6 Å². The molecule has 2 aromatic rings. The Morgan fingerprint density at radius 1 is 1.15 bits per heavy atom. The molecule has 0 saturated carbocycles. The molecule has 1 heterocycles. The maximum Gasteiger partial charge on any atom is 0.337 e. The van der Waals surface area contributed by atoms with E-state index in [2.05, 4.69) is 10.6 Å². The second-order valence-corrected chi connectivity index (χ2v) is 5.09. The third-order valence-electron chi connectivity index (χ3n) is 2.38. The first-order valence-electron chi connectivity index (χ1n) is 5.56. The molecule has 7 heteroatoms. The lowest BCUT2D eigenvalue weighted by Gasteiger charge is -2.10. The van der Waals surface area contributed by atoms with Gasteiger partial charge in [-0.15, -0.1) is 11.3 Å². The number of para-hydroxylation sites is 1. The van der Waals surface area contributed by atoms with Crippen molar-refractivity contribution in [1.82, 2.24) is 5.32 Å². The van der Waals surface area contributed by atoms with Crippen LogP contribution in [0.15, 0.2) is 41.8 Å². The number of benzene rings is 1. The Morgan fingerprint density at radius 2 is 1.90 bits per heavy atom. The Bertz CT molecular complexity index is 653. The van der Waals surface area contributed by atoms with Gasteiger partial charge in [-0.3, -0.25) is 10.1 Å². The second kappa shape index (κ2) is 6.27. The zero-order valence-electron chi connectivity index (χ0n) is 10.1. The number of hydrogen-bond donors (Lipinski definition) is 3. The minimum absolute atomic E-state index is 0.0529. The molecule has 0 bridgehead atoms. The minimum atomic E-state index is -1.07. The maximum atomic E-state index is 11.8. The van der Waals surface area contributed by atoms with Gasteiger partial charge in [0.25, 0.3) is 5.91 Å². The minimum Gasteiger partial charge on any atom is -0.478 e. The van der Waals surface area contributed by atoms with E-state index in [0.717, 1.165) is 0 Å². The summed E-state index contributed by atoms with van der Waals surface area (Å²) in [6, 6.07) is 9.76. The smallest absolute Gasteiger partial charge is 0.337 e. The molecular weight excluding hydrogens is 296 g/mol. The number of hydrogen-bond acceptors (Lipinski definition) is 4. The molecule has 102 valence electrons. The van der Waals surface area contributed by atoms with Gasteiger partial charge in [-0.1, -0.05) is 18.2 Å². The first-order chi connectivity index (χ1) is 9.58. The molecule has 1 aromatic carbocycles. The van der Waals surface area contributed by atoms with Crippen LogP contribution in [-0.4, -0.2) is 22.1 Å². The number of nitrogens with one attached hydrogen (secondary N) is 2. The van der Waals surface area contributed by atoms with Gasteiger partial charge in [0.05, 0.1) is 16.1 Å². The van der Waals surface area contributed by atoms with Crippen molar-refractivity contribution in [2.24, 2.45) is 0 Å². The van der Waals surface area contributed by atoms with E-state index >= 15 is 0 Å². The number of carboxylic acids is 1. The van der Waals surface area contributed by atoms with E-state index in [1.165, 1.54) is 17.4 Å². The van der Waals surface area contributed by atoms with Gasteiger partial charge in [0.1, 0.15) is 0 Å². The van der Waals surface area contributed by atoms with Crippen molar-refractivity contribution in [3.8, 4) is 0 Å². The fraction of sp³-hybridized carbons (Fsp3) is 0. The quantitative estimate of drug-likeness (QED) is 0.760. The number of amides is 1. The lowest BCUT2D eigenvalue weighted by molar-refractivity contribution is 0.0698. The van der Waals surface area contributed by atoms with Crippen LogP contribution in [0.1, 0.15) is 20.0 Å². The van der Waals surface area contributed by atoms with E-state index in [4.69, 9.17) is 17.3 Å². The Kier molecular flexibility index (Phi) is 4.44. The van der Waals surface area contributed by atoms with Crippen LogP contribution < -0.4 is 10.6 Å². The average molecular weight is 306 g/mol. The molecule has 0 aliphatic rings. The van der Waals surface area contributed by atoms with Crippen molar-refractivity contribution < 1.29 is 14.7 Å². The molecule has 0 spiro atoms. The number of thiophene rings is 1. The fourth-order valence-electron chi connectivity index (χ4n) is 1.50. The molecule has 0 unspecified atom stereocenters. The van der Waals surface area contributed by atoms with Crippen LogP contribution in [-0.2, 0) is 0 Å². The molecule has 0 aliphatic carbocycles. The van der Waals surface area contributed by atoms with Crippen LogP contribution in [0.5, 0.6) is 0 Å². The molecule has 0 saturated heterocycles. The van der Waals surface area contributed by atoms with Crippen molar-refractivity contribution in [3.63, 3.8) is 0 Å². The molecule has 20 heavy (non-hydrogen) atoms. The molecule has 5 nitrogen and oxygen atoms in total. The SMILES string of the molecule is O=C(NC(=S)Nc1ccccc1C(=O)O)c1cccs1. The summed E-state index contributed by atoms with van der Waals surface area (Å²) < 4.78 is 0. The third-order valence-corrected chi connectivity index (χ3v) is 3.45. The number of carbonyl (C=O) groups is 2. The van der Waals surface area contributed by atoms with Crippen LogP contribution in [0.25, 0.3) is 0 Å². The van der Waals surface area contributed by atoms with Gasteiger partial charge in [-0.05, 0) is 35.8 Å². The van der Waals surface area contributed by atoms with Crippen molar-refractivity contribution in [2.75, 3.05) is 5.32 Å². The van der Waals surface area contributed by atoms with Crippen molar-refractivity contribution in [2.45, 2.75) is 0 Å². The molecule has 0 atom stereocenters. The van der Waals surface area contributed by atoms with Crippen molar-refractivity contribution >= 4 is 46.2 Å². The number of carboxylic acid groups (broad SMARTS) is 1. The summed E-state index contributed by atoms with van der Waals surface area (Å²) in [5, 5.41) is 16.1. The highest BCUT2D eigenvalue weighted by atomic mass is 32.1. The van der Waals surface area contributed by atoms with Crippen molar-refractivity contribution in [1.29, 1.82) is 0 Å². The number of aromatic carboxylic acids is 1. The average Bonchev–Trinajstić information content (AvgIpc) is 2.92. The van der Waals surface area contributed by atoms with Gasteiger partial charge in [-0.25, -0.2) is 4.79 Å². The first kappa shape index (κ1) is 14.2. The topological polar surface area (TPSA) is 78.4 Å². The Morgan fingerprint density at radius 3 is 2.55 bits per heavy atom. The molecule has 1 amide bonds. The van der Waals surface area contributed by atoms with E-state index in [-0.39, 0.29) is 16.6 Å². The molecule has 0 radical (unpaired) electrons. The summed E-state index contributed by atoms with van der Waals surface area (Å²) >= 11 is 6.29. The molecule has 0 fully saturated rings. The number of thiocarbonyl (C=S) groups is 1. The van der Waals surface area contributed by atoms with Gasteiger partial charge in [0.2, 0.25) is 0 Å². The Balaban J connectivity index is 2.05. The van der Waals surface area contributed by atoms with E-state index < -0.39 is 5.97 Å². The lowest BCUT2D eigenvalue weighted by Crippen LogP contribution is -2.34. The summed E-state index contributed by atoms with van der Waals surface area (Å²) in [5.41, 5.74) is 0.414. The Hall–Kier alpha value is -2.25. The molecule has 0 aliphatic heterocycles. The maximum absolute atomic E-state index is 11.8. The normalized spacial score (nSPS) is 9.80. The van der Waals surface area contributed by atoms with Gasteiger partial charge in [0, 0.05) is 0 Å². The highest BCUT2D eigenvalue weighted by molar-refractivity contribution is 7.80. The van der Waals surface area contributed by atoms with E-state index in [1.807, 2.05) is 0 Å². The zero-order valence-corrected chi connectivity index (χ0v) is 11.8. The van der Waals surface area contributed by atoms with E-state index in [9.17, 15) is 9.59 Å². The summed E-state index contributed by atoms with van der Waals surface area (Å²) in [5.74, 6) is -1.40. The highest BCUT2D eigenvalue weighted by Crippen LogP contribution is 2.15. The first-order valence-corrected chi connectivity index (χ1v) is 6.85. The van der Waals surface area contributed by atoms with Gasteiger partial charge in [0.15, 0.2) is 5.11 Å². The zero-order chi connectivity index (χ0) is 14.5. The van der Waals surface area contributed by atoms with Crippen LogP contribution in [0.3, 0.4) is 0 Å². The van der Waals surface area contributed by atoms with Gasteiger partial charge < -0.3 is 10.4 Å². The summed E-state index contributed by atoms with van der Waals surface area (Å²) in [6.07, 6.45) is 0. The highest BCUT2D eigenvalue weighted by Gasteiger charge is 2.12. The van der Waals surface area contributed by atoms with E-state index in [0.29, 0.717) is 10.6 Å². The van der Waals surface area contributed by atoms with Gasteiger partial charge >= 0.3 is 5.97 Å². The predicted octanol–water partition coefficient (Wildman–Crippen LogP) is 2.57. The van der Waals surface area contributed by atoms with Crippen molar-refractivity contribution in [3.05, 3.63) is 52.2 Å². The monoisotopic (exact) mass is 306 g/mol. The number of rotatable bonds is 3. The summed E-state index contributed by atoms with van der Waals surface area (Å²) in [4.78, 5) is 23.4. The summed E-state index contributed by atoms with van der Waals surface area (Å²) in [7, 11) is 0. The van der Waals surface area contributed by atoms with Crippen LogP contribution in [0.4, 0.5) is 5.69 Å². The summed E-state index contributed by atoms with van der Waals surface area (Å²) in [6.45, 7) is 0.